The summed E-state index contributed by atoms with van der Waals surface area (Å²) >= 11 is 5.83. The zero-order valence-electron chi connectivity index (χ0n) is 8.94. The minimum Gasteiger partial charge on any atom is -0.325 e. The number of rotatable bonds is 2. The normalized spacial score (nSPS) is 10.4. The Morgan fingerprint density at radius 2 is 1.88 bits per heavy atom. The molecule has 2 N–H and O–H groups in total. The number of aryl methyl sites for hydroxylation is 1. The molecule has 4 heteroatoms. The van der Waals surface area contributed by atoms with Gasteiger partial charge in [-0.2, -0.15) is 0 Å². The summed E-state index contributed by atoms with van der Waals surface area (Å²) < 4.78 is 0. The van der Waals surface area contributed by atoms with Gasteiger partial charge >= 0.3 is 0 Å². The highest BCUT2D eigenvalue weighted by atomic mass is 35.5. The lowest BCUT2D eigenvalue weighted by Crippen LogP contribution is -2.03. The summed E-state index contributed by atoms with van der Waals surface area (Å²) in [6, 6.07) is 9.34. The molecule has 0 amide bonds. The van der Waals surface area contributed by atoms with Gasteiger partial charge in [-0.3, -0.25) is 0 Å². The van der Waals surface area contributed by atoms with E-state index in [4.69, 9.17) is 17.3 Å². The first kappa shape index (κ1) is 11.0. The fourth-order valence-electron chi connectivity index (χ4n) is 1.47. The second-order valence-corrected chi connectivity index (χ2v) is 3.97. The van der Waals surface area contributed by atoms with Crippen molar-refractivity contribution in [3.05, 3.63) is 46.7 Å². The Morgan fingerprint density at radius 3 is 2.50 bits per heavy atom. The first-order valence-corrected chi connectivity index (χ1v) is 5.37. The van der Waals surface area contributed by atoms with Crippen LogP contribution >= 0.6 is 11.6 Å². The smallest absolute Gasteiger partial charge is 0.159 e. The molecule has 0 atom stereocenters. The fraction of sp³-hybridized carbons (Fsp3) is 0.167. The number of nitrogens with zero attached hydrogens (tertiary/aromatic N) is 2. The summed E-state index contributed by atoms with van der Waals surface area (Å²) in [7, 11) is 0. The third-order valence-electron chi connectivity index (χ3n) is 2.22. The van der Waals surface area contributed by atoms with Gasteiger partial charge in [-0.05, 0) is 37.3 Å². The Morgan fingerprint density at radius 1 is 1.19 bits per heavy atom. The van der Waals surface area contributed by atoms with Gasteiger partial charge in [-0.1, -0.05) is 11.6 Å². The maximum absolute atomic E-state index is 5.83. The van der Waals surface area contributed by atoms with Crippen LogP contribution in [0.2, 0.25) is 5.02 Å². The van der Waals surface area contributed by atoms with E-state index < -0.39 is 0 Å². The molecule has 1 heterocycles. The van der Waals surface area contributed by atoms with Gasteiger partial charge in [0.05, 0.1) is 5.69 Å². The van der Waals surface area contributed by atoms with E-state index in [1.54, 1.807) is 0 Å². The Kier molecular flexibility index (Phi) is 3.17. The first-order chi connectivity index (χ1) is 7.69. The van der Waals surface area contributed by atoms with Crippen LogP contribution in [0.4, 0.5) is 0 Å². The number of benzene rings is 1. The molecule has 0 saturated heterocycles. The molecule has 0 aliphatic rings. The van der Waals surface area contributed by atoms with Crippen LogP contribution in [0, 0.1) is 6.92 Å². The van der Waals surface area contributed by atoms with Gasteiger partial charge in [0.25, 0.3) is 0 Å². The minimum atomic E-state index is 0.421. The Balaban J connectivity index is 2.47. The summed E-state index contributed by atoms with van der Waals surface area (Å²) in [4.78, 5) is 8.74. The lowest BCUT2D eigenvalue weighted by Gasteiger charge is -2.04. The van der Waals surface area contributed by atoms with E-state index in [0.717, 1.165) is 17.0 Å². The molecule has 2 aromatic rings. The van der Waals surface area contributed by atoms with Crippen LogP contribution in [0.1, 0.15) is 11.4 Å². The van der Waals surface area contributed by atoms with Crippen molar-refractivity contribution in [2.75, 3.05) is 0 Å². The summed E-state index contributed by atoms with van der Waals surface area (Å²) in [5.74, 6) is 0.692. The van der Waals surface area contributed by atoms with E-state index >= 15 is 0 Å². The number of hydrogen-bond acceptors (Lipinski definition) is 3. The monoisotopic (exact) mass is 233 g/mol. The number of aromatic nitrogens is 2. The maximum Gasteiger partial charge on any atom is 0.159 e. The maximum atomic E-state index is 5.83. The molecule has 0 radical (unpaired) electrons. The van der Waals surface area contributed by atoms with Crippen LogP contribution in [0.5, 0.6) is 0 Å². The van der Waals surface area contributed by atoms with Crippen LogP contribution in [0.15, 0.2) is 30.3 Å². The molecule has 0 spiro atoms. The molecule has 82 valence electrons. The Hall–Kier alpha value is -1.45. The minimum absolute atomic E-state index is 0.421. The molecular formula is C12H12ClN3. The highest BCUT2D eigenvalue weighted by molar-refractivity contribution is 6.30. The second-order valence-electron chi connectivity index (χ2n) is 3.54. The van der Waals surface area contributed by atoms with Crippen molar-refractivity contribution in [3.63, 3.8) is 0 Å². The standard InChI is InChI=1S/C12H12ClN3/c1-8-6-11(7-14)16-12(15-8)9-2-4-10(13)5-3-9/h2-6H,7,14H2,1H3. The molecular weight excluding hydrogens is 222 g/mol. The van der Waals surface area contributed by atoms with Crippen molar-refractivity contribution < 1.29 is 0 Å². The van der Waals surface area contributed by atoms with E-state index in [1.165, 1.54) is 0 Å². The predicted molar refractivity (Wildman–Crippen MR) is 65.1 cm³/mol. The van der Waals surface area contributed by atoms with Crippen molar-refractivity contribution in [1.29, 1.82) is 0 Å². The summed E-state index contributed by atoms with van der Waals surface area (Å²) in [6.07, 6.45) is 0. The zero-order chi connectivity index (χ0) is 11.5. The van der Waals surface area contributed by atoms with Crippen molar-refractivity contribution >= 4 is 11.6 Å². The van der Waals surface area contributed by atoms with Gasteiger partial charge in [0.1, 0.15) is 0 Å². The molecule has 0 saturated carbocycles. The van der Waals surface area contributed by atoms with Gasteiger partial charge in [0, 0.05) is 22.8 Å². The largest absolute Gasteiger partial charge is 0.325 e. The first-order valence-electron chi connectivity index (χ1n) is 4.99. The topological polar surface area (TPSA) is 51.8 Å². The summed E-state index contributed by atoms with van der Waals surface area (Å²) in [6.45, 7) is 2.35. The molecule has 3 nitrogen and oxygen atoms in total. The van der Waals surface area contributed by atoms with E-state index in [-0.39, 0.29) is 0 Å². The van der Waals surface area contributed by atoms with Crippen LogP contribution in [0.25, 0.3) is 11.4 Å². The summed E-state index contributed by atoms with van der Waals surface area (Å²) in [5, 5.41) is 0.704. The lowest BCUT2D eigenvalue weighted by molar-refractivity contribution is 0.953. The molecule has 16 heavy (non-hydrogen) atoms. The van der Waals surface area contributed by atoms with Crippen LogP contribution in [-0.4, -0.2) is 9.97 Å². The number of halogens is 1. The summed E-state index contributed by atoms with van der Waals surface area (Å²) in [5.41, 5.74) is 8.29. The SMILES string of the molecule is Cc1cc(CN)nc(-c2ccc(Cl)cc2)n1. The van der Waals surface area contributed by atoms with E-state index in [1.807, 2.05) is 37.3 Å². The van der Waals surface area contributed by atoms with E-state index in [9.17, 15) is 0 Å². The van der Waals surface area contributed by atoms with E-state index in [0.29, 0.717) is 17.4 Å². The predicted octanol–water partition coefficient (Wildman–Crippen LogP) is 2.56. The molecule has 0 unspecified atom stereocenters. The third kappa shape index (κ3) is 2.38. The van der Waals surface area contributed by atoms with Crippen LogP contribution in [-0.2, 0) is 6.54 Å². The fourth-order valence-corrected chi connectivity index (χ4v) is 1.59. The van der Waals surface area contributed by atoms with Gasteiger partial charge < -0.3 is 5.73 Å². The number of hydrogen-bond donors (Lipinski definition) is 1. The molecule has 0 bridgehead atoms. The second kappa shape index (κ2) is 4.60. The highest BCUT2D eigenvalue weighted by Gasteiger charge is 2.03. The van der Waals surface area contributed by atoms with Crippen LogP contribution in [0.3, 0.4) is 0 Å². The van der Waals surface area contributed by atoms with E-state index in [2.05, 4.69) is 9.97 Å². The van der Waals surface area contributed by atoms with Gasteiger partial charge in [0.15, 0.2) is 5.82 Å². The third-order valence-corrected chi connectivity index (χ3v) is 2.47. The molecule has 0 aliphatic carbocycles. The van der Waals surface area contributed by atoms with Crippen molar-refractivity contribution in [2.24, 2.45) is 5.73 Å². The van der Waals surface area contributed by atoms with Crippen molar-refractivity contribution in [3.8, 4) is 11.4 Å². The molecule has 2 rings (SSSR count). The highest BCUT2D eigenvalue weighted by Crippen LogP contribution is 2.18. The number of nitrogens with two attached hydrogens (primary N) is 1. The quantitative estimate of drug-likeness (QED) is 0.868. The van der Waals surface area contributed by atoms with Crippen LogP contribution < -0.4 is 5.73 Å². The average molecular weight is 234 g/mol. The van der Waals surface area contributed by atoms with Gasteiger partial charge in [0.2, 0.25) is 0 Å². The molecule has 0 aliphatic heterocycles. The van der Waals surface area contributed by atoms with Crippen molar-refractivity contribution in [1.82, 2.24) is 9.97 Å². The average Bonchev–Trinajstić information content (AvgIpc) is 2.29. The lowest BCUT2D eigenvalue weighted by atomic mass is 10.2. The Labute approximate surface area is 99.3 Å². The molecule has 1 aromatic carbocycles. The zero-order valence-corrected chi connectivity index (χ0v) is 9.70. The van der Waals surface area contributed by atoms with Gasteiger partial charge in [-0.15, -0.1) is 0 Å². The molecule has 0 fully saturated rings. The Bertz CT molecular complexity index is 494. The molecule has 1 aromatic heterocycles. The van der Waals surface area contributed by atoms with Gasteiger partial charge in [-0.25, -0.2) is 9.97 Å². The van der Waals surface area contributed by atoms with Crippen molar-refractivity contribution in [2.45, 2.75) is 13.5 Å².